The highest BCUT2D eigenvalue weighted by molar-refractivity contribution is 5.83. The molecule has 0 saturated heterocycles. The van der Waals surface area contributed by atoms with Crippen molar-refractivity contribution in [3.63, 3.8) is 0 Å². The van der Waals surface area contributed by atoms with Crippen LogP contribution >= 0.6 is 0 Å². The summed E-state index contributed by atoms with van der Waals surface area (Å²) in [5.74, 6) is -3.59. The third-order valence-electron chi connectivity index (χ3n) is 5.30. The van der Waals surface area contributed by atoms with E-state index in [1.807, 2.05) is 60.7 Å². The lowest BCUT2D eigenvalue weighted by Crippen LogP contribution is -2.39. The zero-order chi connectivity index (χ0) is 31.0. The third kappa shape index (κ3) is 12.8. The van der Waals surface area contributed by atoms with Crippen LogP contribution in [0.3, 0.4) is 0 Å². The number of hydrogen-bond donors (Lipinski definition) is 5. The Morgan fingerprint density at radius 1 is 0.881 bits per heavy atom. The number of ether oxygens (including phenoxy) is 1. The number of aliphatic carboxylic acids is 2. The molecule has 0 aliphatic heterocycles. The highest BCUT2D eigenvalue weighted by atomic mass is 19.4. The fourth-order valence-corrected chi connectivity index (χ4v) is 3.33. The topological polar surface area (TPSA) is 167 Å². The van der Waals surface area contributed by atoms with Crippen LogP contribution in [0.2, 0.25) is 0 Å². The van der Waals surface area contributed by atoms with Crippen LogP contribution in [0, 0.1) is 0 Å². The Labute approximate surface area is 238 Å². The molecule has 14 heteroatoms. The van der Waals surface area contributed by atoms with Crippen molar-refractivity contribution in [2.24, 2.45) is 0 Å². The fourth-order valence-electron chi connectivity index (χ4n) is 3.33. The maximum Gasteiger partial charge on any atom is 0.490 e. The molecule has 1 unspecified atom stereocenters. The minimum absolute atomic E-state index is 0.169. The zero-order valence-electron chi connectivity index (χ0n) is 22.1. The number of alkyl carbamates (subject to hydrolysis) is 1. The van der Waals surface area contributed by atoms with Gasteiger partial charge < -0.3 is 30.9 Å². The average molecular weight is 591 g/mol. The van der Waals surface area contributed by atoms with E-state index in [9.17, 15) is 32.7 Å². The van der Waals surface area contributed by atoms with Gasteiger partial charge in [0.25, 0.3) is 0 Å². The number of nitrogens with zero attached hydrogens (tertiary/aromatic N) is 1. The standard InChI is InChI=1S/C26H28N4O5.C2HF3O2/c31-24(18-29-26(34)35-16-6-15-28-23-9-4-5-14-27-23)30-22(17-25(32)33)21-12-10-20(11-13-21)19-7-2-1-3-8-19;3-2(4,5)1(6)7/h1-5,7-14,22H,6,15-18H2,(H,27,28)(H,29,34)(H,30,31)(H,32,33);(H,6,7). The molecule has 0 bridgehead atoms. The molecule has 1 heterocycles. The minimum atomic E-state index is -5.08. The predicted molar refractivity (Wildman–Crippen MR) is 145 cm³/mol. The number of carbonyl (C=O) groups is 4. The molecule has 0 fully saturated rings. The Morgan fingerprint density at radius 3 is 2.07 bits per heavy atom. The largest absolute Gasteiger partial charge is 0.490 e. The molecule has 1 atom stereocenters. The first kappa shape index (κ1) is 33.1. The number of alkyl halides is 3. The van der Waals surface area contributed by atoms with Crippen LogP contribution in [0.1, 0.15) is 24.4 Å². The van der Waals surface area contributed by atoms with Crippen LogP contribution in [0.25, 0.3) is 11.1 Å². The van der Waals surface area contributed by atoms with Gasteiger partial charge in [0, 0.05) is 12.7 Å². The van der Waals surface area contributed by atoms with Gasteiger partial charge in [-0.25, -0.2) is 14.6 Å². The van der Waals surface area contributed by atoms with Crippen LogP contribution < -0.4 is 16.0 Å². The molecule has 0 spiro atoms. The molecule has 42 heavy (non-hydrogen) atoms. The van der Waals surface area contributed by atoms with Crippen molar-refractivity contribution in [2.75, 3.05) is 25.0 Å². The Balaban J connectivity index is 0.000000782. The molecular weight excluding hydrogens is 561 g/mol. The highest BCUT2D eigenvalue weighted by Crippen LogP contribution is 2.23. The summed E-state index contributed by atoms with van der Waals surface area (Å²) in [6.45, 7) is 0.413. The van der Waals surface area contributed by atoms with E-state index in [-0.39, 0.29) is 19.6 Å². The predicted octanol–water partition coefficient (Wildman–Crippen LogP) is 4.24. The smallest absolute Gasteiger partial charge is 0.481 e. The average Bonchev–Trinajstić information content (AvgIpc) is 2.96. The monoisotopic (exact) mass is 590 g/mol. The second-order valence-corrected chi connectivity index (χ2v) is 8.49. The van der Waals surface area contributed by atoms with Gasteiger partial charge in [-0.3, -0.25) is 9.59 Å². The first-order valence-corrected chi connectivity index (χ1v) is 12.5. The summed E-state index contributed by atoms with van der Waals surface area (Å²) in [7, 11) is 0. The molecule has 0 aliphatic rings. The Morgan fingerprint density at radius 2 is 1.50 bits per heavy atom. The van der Waals surface area contributed by atoms with E-state index in [1.54, 1.807) is 18.3 Å². The van der Waals surface area contributed by atoms with Crippen molar-refractivity contribution < 1.29 is 47.3 Å². The summed E-state index contributed by atoms with van der Waals surface area (Å²) >= 11 is 0. The van der Waals surface area contributed by atoms with E-state index in [2.05, 4.69) is 20.9 Å². The van der Waals surface area contributed by atoms with Gasteiger partial charge in [0.05, 0.1) is 19.1 Å². The van der Waals surface area contributed by atoms with Gasteiger partial charge in [0.2, 0.25) is 5.91 Å². The molecule has 224 valence electrons. The van der Waals surface area contributed by atoms with Gasteiger partial charge in [0.1, 0.15) is 12.4 Å². The molecule has 0 saturated carbocycles. The first-order valence-electron chi connectivity index (χ1n) is 12.5. The Hall–Kier alpha value is -5.14. The Bertz CT molecular complexity index is 1290. The van der Waals surface area contributed by atoms with E-state index in [4.69, 9.17) is 14.6 Å². The van der Waals surface area contributed by atoms with E-state index in [0.717, 1.165) is 16.9 Å². The summed E-state index contributed by atoms with van der Waals surface area (Å²) < 4.78 is 36.8. The van der Waals surface area contributed by atoms with E-state index in [0.29, 0.717) is 18.5 Å². The van der Waals surface area contributed by atoms with Gasteiger partial charge in [-0.2, -0.15) is 13.2 Å². The van der Waals surface area contributed by atoms with Gasteiger partial charge in [-0.1, -0.05) is 60.7 Å². The molecular formula is C28H29F3N4O7. The van der Waals surface area contributed by atoms with E-state index >= 15 is 0 Å². The number of carbonyl (C=O) groups excluding carboxylic acids is 2. The number of pyridine rings is 1. The van der Waals surface area contributed by atoms with Crippen molar-refractivity contribution in [3.8, 4) is 11.1 Å². The van der Waals surface area contributed by atoms with Gasteiger partial charge in [-0.15, -0.1) is 0 Å². The SMILES string of the molecule is O=C(O)C(F)(F)F.O=C(O)CC(NC(=O)CNC(=O)OCCCNc1ccccn1)c1ccc(-c2ccccc2)cc1. The maximum absolute atomic E-state index is 12.3. The van der Waals surface area contributed by atoms with Crippen molar-refractivity contribution in [1.29, 1.82) is 0 Å². The van der Waals surface area contributed by atoms with Gasteiger partial charge in [-0.05, 0) is 35.2 Å². The van der Waals surface area contributed by atoms with E-state index in [1.165, 1.54) is 0 Å². The maximum atomic E-state index is 12.3. The number of amides is 2. The molecule has 2 aromatic carbocycles. The summed E-state index contributed by atoms with van der Waals surface area (Å²) in [6, 6.07) is 21.9. The molecule has 2 amide bonds. The molecule has 1 aromatic heterocycles. The van der Waals surface area contributed by atoms with Crippen molar-refractivity contribution in [3.05, 3.63) is 84.6 Å². The molecule has 3 aromatic rings. The summed E-state index contributed by atoms with van der Waals surface area (Å²) in [5, 5.41) is 24.5. The molecule has 0 radical (unpaired) electrons. The number of halogens is 3. The van der Waals surface area contributed by atoms with Crippen LogP contribution in [0.5, 0.6) is 0 Å². The van der Waals surface area contributed by atoms with Crippen molar-refractivity contribution in [2.45, 2.75) is 25.1 Å². The quantitative estimate of drug-likeness (QED) is 0.194. The first-order chi connectivity index (χ1) is 20.0. The number of carboxylic acid groups (broad SMARTS) is 2. The number of nitrogens with one attached hydrogen (secondary N) is 3. The zero-order valence-corrected chi connectivity index (χ0v) is 22.1. The van der Waals surface area contributed by atoms with Crippen LogP contribution in [0.15, 0.2) is 79.0 Å². The van der Waals surface area contributed by atoms with Crippen molar-refractivity contribution in [1.82, 2.24) is 15.6 Å². The van der Waals surface area contributed by atoms with Crippen LogP contribution in [-0.4, -0.2) is 65.0 Å². The molecule has 5 N–H and O–H groups in total. The molecule has 0 aliphatic carbocycles. The normalized spacial score (nSPS) is 11.2. The second-order valence-electron chi connectivity index (χ2n) is 8.49. The van der Waals surface area contributed by atoms with Crippen LogP contribution in [-0.2, 0) is 19.1 Å². The van der Waals surface area contributed by atoms with Crippen LogP contribution in [0.4, 0.5) is 23.8 Å². The number of hydrogen-bond acceptors (Lipinski definition) is 7. The summed E-state index contributed by atoms with van der Waals surface area (Å²) in [5.41, 5.74) is 2.67. The lowest BCUT2D eigenvalue weighted by molar-refractivity contribution is -0.192. The second kappa shape index (κ2) is 16.8. The van der Waals surface area contributed by atoms with E-state index < -0.39 is 36.2 Å². The van der Waals surface area contributed by atoms with Gasteiger partial charge in [0.15, 0.2) is 0 Å². The number of rotatable bonds is 12. The number of anilines is 1. The van der Waals surface area contributed by atoms with Crippen molar-refractivity contribution >= 4 is 29.8 Å². The summed E-state index contributed by atoms with van der Waals surface area (Å²) in [4.78, 5) is 48.5. The highest BCUT2D eigenvalue weighted by Gasteiger charge is 2.38. The number of aromatic nitrogens is 1. The molecule has 11 nitrogen and oxygen atoms in total. The Kier molecular flexibility index (Phi) is 13.3. The lowest BCUT2D eigenvalue weighted by Gasteiger charge is -2.18. The summed E-state index contributed by atoms with van der Waals surface area (Å²) in [6.07, 6.45) is -3.85. The molecule has 3 rings (SSSR count). The fraction of sp³-hybridized carbons (Fsp3) is 0.250. The number of benzene rings is 2. The third-order valence-corrected chi connectivity index (χ3v) is 5.30. The lowest BCUT2D eigenvalue weighted by atomic mass is 9.99. The number of carboxylic acids is 2. The minimum Gasteiger partial charge on any atom is -0.481 e. The van der Waals surface area contributed by atoms with Gasteiger partial charge >= 0.3 is 24.2 Å².